The summed E-state index contributed by atoms with van der Waals surface area (Å²) in [6, 6.07) is 24.8. The molecule has 0 saturated carbocycles. The fourth-order valence-corrected chi connectivity index (χ4v) is 7.08. The molecule has 1 unspecified atom stereocenters. The van der Waals surface area contributed by atoms with Gasteiger partial charge >= 0.3 is 0 Å². The second-order valence-electron chi connectivity index (χ2n) is 8.70. The van der Waals surface area contributed by atoms with Crippen LogP contribution in [0.15, 0.2) is 83.9 Å². The number of anilines is 1. The van der Waals surface area contributed by atoms with Crippen LogP contribution in [0, 0.1) is 0 Å². The summed E-state index contributed by atoms with van der Waals surface area (Å²) in [5.74, 6) is 0.604. The number of ether oxygens (including phenoxy) is 2. The van der Waals surface area contributed by atoms with Crippen molar-refractivity contribution < 1.29 is 17.9 Å². The van der Waals surface area contributed by atoms with Crippen molar-refractivity contribution in [3.63, 3.8) is 0 Å². The third kappa shape index (κ3) is 4.01. The van der Waals surface area contributed by atoms with E-state index in [1.807, 2.05) is 49.4 Å². The van der Waals surface area contributed by atoms with Crippen LogP contribution in [0.3, 0.4) is 0 Å². The Morgan fingerprint density at radius 1 is 0.886 bits per heavy atom. The maximum atomic E-state index is 14.4. The van der Waals surface area contributed by atoms with E-state index in [1.54, 1.807) is 35.7 Å². The maximum Gasteiger partial charge on any atom is 0.248 e. The number of para-hydroxylation sites is 2. The molecule has 5 rings (SSSR count). The highest BCUT2D eigenvalue weighted by Gasteiger charge is 2.52. The largest absolute Gasteiger partial charge is 0.468 e. The zero-order chi connectivity index (χ0) is 24.5. The second-order valence-corrected chi connectivity index (χ2v) is 10.8. The molecule has 0 spiro atoms. The van der Waals surface area contributed by atoms with E-state index in [-0.39, 0.29) is 6.79 Å². The predicted molar refractivity (Wildman–Crippen MR) is 136 cm³/mol. The number of sulfonamides is 1. The number of fused-ring (bicyclic) bond motifs is 1. The molecule has 0 aromatic heterocycles. The van der Waals surface area contributed by atoms with E-state index >= 15 is 0 Å². The Morgan fingerprint density at radius 2 is 1.54 bits per heavy atom. The van der Waals surface area contributed by atoms with Crippen molar-refractivity contribution in [2.75, 3.05) is 45.0 Å². The van der Waals surface area contributed by atoms with Gasteiger partial charge in [-0.2, -0.15) is 4.31 Å². The zero-order valence-corrected chi connectivity index (χ0v) is 20.7. The van der Waals surface area contributed by atoms with E-state index in [0.717, 1.165) is 10.9 Å². The molecule has 1 saturated heterocycles. The third-order valence-corrected chi connectivity index (χ3v) is 9.18. The van der Waals surface area contributed by atoms with Crippen molar-refractivity contribution in [3.8, 4) is 5.75 Å². The first-order valence-electron chi connectivity index (χ1n) is 11.7. The van der Waals surface area contributed by atoms with E-state index < -0.39 is 14.9 Å². The van der Waals surface area contributed by atoms with E-state index in [9.17, 15) is 8.42 Å². The minimum atomic E-state index is -3.89. The topological polar surface area (TPSA) is 71.4 Å². The molecule has 0 radical (unpaired) electrons. The van der Waals surface area contributed by atoms with Gasteiger partial charge in [0.1, 0.15) is 5.75 Å². The Morgan fingerprint density at radius 3 is 2.20 bits per heavy atom. The van der Waals surface area contributed by atoms with Gasteiger partial charge in [0.2, 0.25) is 14.9 Å². The molecule has 35 heavy (non-hydrogen) atoms. The van der Waals surface area contributed by atoms with Crippen LogP contribution in [0.2, 0.25) is 0 Å². The molecule has 2 aliphatic rings. The number of methoxy groups -OCH3 is 1. The summed E-state index contributed by atoms with van der Waals surface area (Å²) in [4.78, 5) is 5.60. The fraction of sp³-hybridized carbons (Fsp3) is 0.296. The van der Waals surface area contributed by atoms with Gasteiger partial charge in [0.25, 0.3) is 0 Å². The van der Waals surface area contributed by atoms with Crippen molar-refractivity contribution >= 4 is 21.3 Å². The lowest BCUT2D eigenvalue weighted by Gasteiger charge is -2.40. The van der Waals surface area contributed by atoms with Crippen LogP contribution >= 0.6 is 0 Å². The maximum absolute atomic E-state index is 14.4. The van der Waals surface area contributed by atoms with Crippen LogP contribution in [0.4, 0.5) is 5.69 Å². The molecule has 182 valence electrons. The summed E-state index contributed by atoms with van der Waals surface area (Å²) in [6.07, 6.45) is 0. The number of benzene rings is 3. The molecule has 1 fully saturated rings. The molecule has 7 nitrogen and oxygen atoms in total. The van der Waals surface area contributed by atoms with Crippen molar-refractivity contribution in [3.05, 3.63) is 95.0 Å². The molecular weight excluding hydrogens is 462 g/mol. The molecular formula is C27H29N3O4S. The highest BCUT2D eigenvalue weighted by Crippen LogP contribution is 2.43. The van der Waals surface area contributed by atoms with Crippen molar-refractivity contribution in [1.82, 2.24) is 4.31 Å². The van der Waals surface area contributed by atoms with E-state index in [2.05, 4.69) is 17.0 Å². The van der Waals surface area contributed by atoms with Crippen LogP contribution in [0.5, 0.6) is 5.75 Å². The van der Waals surface area contributed by atoms with Gasteiger partial charge in [0.15, 0.2) is 6.79 Å². The molecule has 0 aliphatic carbocycles. The summed E-state index contributed by atoms with van der Waals surface area (Å²) in [6.45, 7) is 4.03. The van der Waals surface area contributed by atoms with Gasteiger partial charge in [-0.3, -0.25) is 4.99 Å². The summed E-state index contributed by atoms with van der Waals surface area (Å²) in [5, 5.41) is 1.55. The highest BCUT2D eigenvalue weighted by molar-refractivity contribution is 7.90. The first-order valence-corrected chi connectivity index (χ1v) is 13.1. The molecule has 0 bridgehead atoms. The summed E-state index contributed by atoms with van der Waals surface area (Å²) in [7, 11) is -2.34. The van der Waals surface area contributed by atoms with Gasteiger partial charge in [-0.05, 0) is 42.8 Å². The molecule has 2 heterocycles. The smallest absolute Gasteiger partial charge is 0.248 e. The summed E-state index contributed by atoms with van der Waals surface area (Å²) in [5.41, 5.74) is 2.41. The summed E-state index contributed by atoms with van der Waals surface area (Å²) >= 11 is 0. The third-order valence-electron chi connectivity index (χ3n) is 6.76. The van der Waals surface area contributed by atoms with Gasteiger partial charge in [0, 0.05) is 49.8 Å². The number of hydrogen-bond acceptors (Lipinski definition) is 6. The zero-order valence-electron chi connectivity index (χ0n) is 19.9. The minimum Gasteiger partial charge on any atom is -0.468 e. The molecule has 3 aromatic rings. The molecule has 1 atom stereocenters. The van der Waals surface area contributed by atoms with E-state index in [1.165, 1.54) is 0 Å². The van der Waals surface area contributed by atoms with Gasteiger partial charge in [-0.25, -0.2) is 8.42 Å². The molecule has 3 aromatic carbocycles. The van der Waals surface area contributed by atoms with Crippen molar-refractivity contribution in [1.29, 1.82) is 0 Å². The average molecular weight is 492 g/mol. The van der Waals surface area contributed by atoms with Crippen LogP contribution in [-0.4, -0.2) is 52.8 Å². The predicted octanol–water partition coefficient (Wildman–Crippen LogP) is 2.48. The SMILES string of the molecule is COCOc1ccc(C2(S(=O)(=O)N3CCN(c4ccccc4)CC3)N=c3ccccc3=C2C)cc1. The fourth-order valence-electron chi connectivity index (χ4n) is 4.92. The van der Waals surface area contributed by atoms with E-state index in [4.69, 9.17) is 14.5 Å². The lowest BCUT2D eigenvalue weighted by atomic mass is 9.99. The number of rotatable bonds is 7. The standard InChI is InChI=1S/C27H29N3O4S/c1-21-25-10-6-7-11-26(25)28-27(21,22-12-14-24(15-13-22)34-20-33-2)35(31,32)30-18-16-29(17-19-30)23-8-4-3-5-9-23/h3-15H,16-20H2,1-2H3. The number of hydrogen-bond donors (Lipinski definition) is 0. The van der Waals surface area contributed by atoms with Crippen LogP contribution in [0.1, 0.15) is 12.5 Å². The van der Waals surface area contributed by atoms with Gasteiger partial charge < -0.3 is 14.4 Å². The van der Waals surface area contributed by atoms with Crippen LogP contribution in [0.25, 0.3) is 5.57 Å². The quantitative estimate of drug-likeness (QED) is 0.475. The summed E-state index contributed by atoms with van der Waals surface area (Å²) < 4.78 is 41.0. The van der Waals surface area contributed by atoms with Gasteiger partial charge in [-0.1, -0.05) is 48.5 Å². The van der Waals surface area contributed by atoms with Gasteiger partial charge in [0.05, 0.1) is 5.36 Å². The van der Waals surface area contributed by atoms with Gasteiger partial charge in [-0.15, -0.1) is 0 Å². The lowest BCUT2D eigenvalue weighted by molar-refractivity contribution is 0.0511. The Labute approximate surface area is 206 Å². The van der Waals surface area contributed by atoms with E-state index in [0.29, 0.717) is 48.4 Å². The first-order chi connectivity index (χ1) is 17.0. The molecule has 0 N–H and O–H groups in total. The van der Waals surface area contributed by atoms with Crippen molar-refractivity contribution in [2.24, 2.45) is 4.99 Å². The molecule has 0 amide bonds. The Bertz CT molecular complexity index is 1420. The monoisotopic (exact) mass is 491 g/mol. The van der Waals surface area contributed by atoms with Crippen molar-refractivity contribution in [2.45, 2.75) is 11.8 Å². The highest BCUT2D eigenvalue weighted by atomic mass is 32.2. The lowest BCUT2D eigenvalue weighted by Crippen LogP contribution is -2.54. The first kappa shape index (κ1) is 23.5. The number of piperazine rings is 1. The Hall–Kier alpha value is -3.20. The molecule has 8 heteroatoms. The van der Waals surface area contributed by atoms with Crippen LogP contribution in [-0.2, 0) is 19.6 Å². The molecule has 2 aliphatic heterocycles. The average Bonchev–Trinajstić information content (AvgIpc) is 3.22. The normalized spacial score (nSPS) is 20.4. The number of nitrogens with zero attached hydrogens (tertiary/aromatic N) is 3. The minimum absolute atomic E-state index is 0.120. The Kier molecular flexibility index (Phi) is 6.35. The Balaban J connectivity index is 1.54. The second kappa shape index (κ2) is 9.45. The van der Waals surface area contributed by atoms with Crippen LogP contribution < -0.4 is 20.2 Å².